The molecule has 0 atom stereocenters. The molecule has 0 amide bonds. The van der Waals surface area contributed by atoms with Crippen LogP contribution in [0.1, 0.15) is 10.4 Å². The standard InChI is InChI=1S/C8H6FN3O/c9-5-8(13)6-1-3-7(4-2-6)11-12-10/h1-4H,5H2. The summed E-state index contributed by atoms with van der Waals surface area (Å²) in [5, 5.41) is 3.31. The highest BCUT2D eigenvalue weighted by molar-refractivity contribution is 5.97. The number of carbonyl (C=O) groups excluding carboxylic acids is 1. The van der Waals surface area contributed by atoms with E-state index < -0.39 is 12.5 Å². The molecule has 0 aliphatic carbocycles. The van der Waals surface area contributed by atoms with Crippen molar-refractivity contribution in [2.75, 3.05) is 6.67 Å². The van der Waals surface area contributed by atoms with Crippen molar-refractivity contribution in [3.05, 3.63) is 40.3 Å². The molecule has 0 fully saturated rings. The van der Waals surface area contributed by atoms with Crippen LogP contribution in [0.2, 0.25) is 0 Å². The van der Waals surface area contributed by atoms with Crippen molar-refractivity contribution >= 4 is 11.5 Å². The summed E-state index contributed by atoms with van der Waals surface area (Å²) in [7, 11) is 0. The van der Waals surface area contributed by atoms with E-state index >= 15 is 0 Å². The molecule has 0 saturated heterocycles. The highest BCUT2D eigenvalue weighted by atomic mass is 19.1. The summed E-state index contributed by atoms with van der Waals surface area (Å²) >= 11 is 0. The Morgan fingerprint density at radius 2 is 2.08 bits per heavy atom. The topological polar surface area (TPSA) is 65.8 Å². The van der Waals surface area contributed by atoms with Gasteiger partial charge in [-0.1, -0.05) is 29.4 Å². The van der Waals surface area contributed by atoms with E-state index in [0.717, 1.165) is 0 Å². The minimum Gasteiger partial charge on any atom is -0.291 e. The molecule has 13 heavy (non-hydrogen) atoms. The quantitative estimate of drug-likeness (QED) is 0.304. The first kappa shape index (κ1) is 9.22. The normalized spacial score (nSPS) is 9.00. The van der Waals surface area contributed by atoms with Crippen molar-refractivity contribution in [2.24, 2.45) is 5.11 Å². The van der Waals surface area contributed by atoms with E-state index in [9.17, 15) is 9.18 Å². The number of halogens is 1. The van der Waals surface area contributed by atoms with Crippen LogP contribution in [-0.2, 0) is 0 Å². The van der Waals surface area contributed by atoms with Gasteiger partial charge in [0.2, 0.25) is 0 Å². The molecule has 66 valence electrons. The molecule has 0 N–H and O–H groups in total. The summed E-state index contributed by atoms with van der Waals surface area (Å²) < 4.78 is 11.9. The largest absolute Gasteiger partial charge is 0.291 e. The summed E-state index contributed by atoms with van der Waals surface area (Å²) in [6.07, 6.45) is 0. The monoisotopic (exact) mass is 179 g/mol. The van der Waals surface area contributed by atoms with E-state index in [4.69, 9.17) is 5.53 Å². The van der Waals surface area contributed by atoms with Gasteiger partial charge in [0.05, 0.1) is 0 Å². The van der Waals surface area contributed by atoms with Crippen molar-refractivity contribution in [2.45, 2.75) is 0 Å². The second-order valence-corrected chi connectivity index (χ2v) is 2.29. The number of alkyl halides is 1. The number of Topliss-reactive ketones (excluding diaryl/α,β-unsaturated/α-hetero) is 1. The van der Waals surface area contributed by atoms with Crippen LogP contribution in [0, 0.1) is 0 Å². The lowest BCUT2D eigenvalue weighted by molar-refractivity contribution is 0.0959. The zero-order valence-corrected chi connectivity index (χ0v) is 6.64. The molecule has 1 rings (SSSR count). The smallest absolute Gasteiger partial charge is 0.193 e. The zero-order chi connectivity index (χ0) is 9.68. The Morgan fingerprint density at radius 3 is 2.54 bits per heavy atom. The third-order valence-corrected chi connectivity index (χ3v) is 1.47. The van der Waals surface area contributed by atoms with Gasteiger partial charge in [0, 0.05) is 16.2 Å². The van der Waals surface area contributed by atoms with Gasteiger partial charge in [-0.25, -0.2) is 4.39 Å². The lowest BCUT2D eigenvalue weighted by atomic mass is 10.1. The number of nitrogens with zero attached hydrogens (tertiary/aromatic N) is 3. The molecule has 0 aliphatic rings. The van der Waals surface area contributed by atoms with Crippen LogP contribution in [0.3, 0.4) is 0 Å². The number of hydrogen-bond donors (Lipinski definition) is 0. The van der Waals surface area contributed by atoms with Crippen molar-refractivity contribution in [3.63, 3.8) is 0 Å². The first-order valence-electron chi connectivity index (χ1n) is 3.52. The average Bonchev–Trinajstić information content (AvgIpc) is 2.18. The Morgan fingerprint density at radius 1 is 1.46 bits per heavy atom. The predicted octanol–water partition coefficient (Wildman–Crippen LogP) is 2.78. The van der Waals surface area contributed by atoms with Gasteiger partial charge in [-0.2, -0.15) is 0 Å². The lowest BCUT2D eigenvalue weighted by Gasteiger charge is -1.95. The van der Waals surface area contributed by atoms with Crippen LogP contribution >= 0.6 is 0 Å². The summed E-state index contributed by atoms with van der Waals surface area (Å²) in [5.74, 6) is -0.576. The molecule has 4 nitrogen and oxygen atoms in total. The molecular weight excluding hydrogens is 173 g/mol. The fourth-order valence-corrected chi connectivity index (χ4v) is 0.843. The minimum absolute atomic E-state index is 0.277. The first-order chi connectivity index (χ1) is 6.27. The van der Waals surface area contributed by atoms with Gasteiger partial charge in [0.1, 0.15) is 0 Å². The third kappa shape index (κ3) is 2.28. The molecule has 5 heteroatoms. The van der Waals surface area contributed by atoms with Crippen LogP contribution in [-0.4, -0.2) is 12.5 Å². The van der Waals surface area contributed by atoms with Crippen molar-refractivity contribution in [1.82, 2.24) is 0 Å². The molecule has 0 radical (unpaired) electrons. The van der Waals surface area contributed by atoms with Gasteiger partial charge in [-0.15, -0.1) is 0 Å². The Labute approximate surface area is 73.6 Å². The van der Waals surface area contributed by atoms with E-state index in [1.54, 1.807) is 0 Å². The Balaban J connectivity index is 2.93. The van der Waals surface area contributed by atoms with Gasteiger partial charge in [0.15, 0.2) is 12.5 Å². The zero-order valence-electron chi connectivity index (χ0n) is 6.64. The van der Waals surface area contributed by atoms with E-state index in [0.29, 0.717) is 5.69 Å². The first-order valence-corrected chi connectivity index (χ1v) is 3.52. The molecule has 0 saturated carbocycles. The van der Waals surface area contributed by atoms with Crippen molar-refractivity contribution in [3.8, 4) is 0 Å². The molecule has 0 aliphatic heterocycles. The minimum atomic E-state index is -1.01. The summed E-state index contributed by atoms with van der Waals surface area (Å²) in [6, 6.07) is 5.77. The summed E-state index contributed by atoms with van der Waals surface area (Å²) in [5.41, 5.74) is 8.75. The predicted molar refractivity (Wildman–Crippen MR) is 45.6 cm³/mol. The maximum atomic E-state index is 11.9. The molecule has 0 unspecified atom stereocenters. The van der Waals surface area contributed by atoms with Crippen LogP contribution in [0.25, 0.3) is 10.4 Å². The van der Waals surface area contributed by atoms with E-state index in [-0.39, 0.29) is 5.56 Å². The maximum absolute atomic E-state index is 11.9. The van der Waals surface area contributed by atoms with E-state index in [1.165, 1.54) is 24.3 Å². The second-order valence-electron chi connectivity index (χ2n) is 2.29. The fraction of sp³-hybridized carbons (Fsp3) is 0.125. The number of ketones is 1. The van der Waals surface area contributed by atoms with E-state index in [2.05, 4.69) is 10.0 Å². The number of rotatable bonds is 3. The van der Waals surface area contributed by atoms with E-state index in [1.807, 2.05) is 0 Å². The van der Waals surface area contributed by atoms with Crippen LogP contribution in [0.5, 0.6) is 0 Å². The Kier molecular flexibility index (Phi) is 3.00. The Hall–Kier alpha value is -1.87. The molecule has 0 bridgehead atoms. The highest BCUT2D eigenvalue weighted by Crippen LogP contribution is 2.13. The molecular formula is C8H6FN3O. The SMILES string of the molecule is [N-]=[N+]=Nc1ccc(C(=O)CF)cc1. The molecule has 0 aromatic heterocycles. The van der Waals surface area contributed by atoms with Gasteiger partial charge >= 0.3 is 0 Å². The van der Waals surface area contributed by atoms with Crippen LogP contribution in [0.15, 0.2) is 29.4 Å². The lowest BCUT2D eigenvalue weighted by Crippen LogP contribution is -1.99. The molecule has 1 aromatic rings. The molecule has 1 aromatic carbocycles. The second kappa shape index (κ2) is 4.23. The van der Waals surface area contributed by atoms with Crippen molar-refractivity contribution in [1.29, 1.82) is 0 Å². The number of hydrogen-bond acceptors (Lipinski definition) is 2. The number of azide groups is 1. The Bertz CT molecular complexity index is 354. The molecule has 0 spiro atoms. The maximum Gasteiger partial charge on any atom is 0.193 e. The van der Waals surface area contributed by atoms with Gasteiger partial charge in [-0.05, 0) is 5.53 Å². The summed E-state index contributed by atoms with van der Waals surface area (Å²) in [6.45, 7) is -1.01. The highest BCUT2D eigenvalue weighted by Gasteiger charge is 2.03. The number of carbonyl (C=O) groups is 1. The van der Waals surface area contributed by atoms with Crippen molar-refractivity contribution < 1.29 is 9.18 Å². The third-order valence-electron chi connectivity index (χ3n) is 1.47. The van der Waals surface area contributed by atoms with Crippen LogP contribution < -0.4 is 0 Å². The van der Waals surface area contributed by atoms with Crippen LogP contribution in [0.4, 0.5) is 10.1 Å². The number of benzene rings is 1. The van der Waals surface area contributed by atoms with Gasteiger partial charge in [-0.3, -0.25) is 4.79 Å². The van der Waals surface area contributed by atoms with Gasteiger partial charge in [0.25, 0.3) is 0 Å². The summed E-state index contributed by atoms with van der Waals surface area (Å²) in [4.78, 5) is 13.4. The molecule has 0 heterocycles. The fourth-order valence-electron chi connectivity index (χ4n) is 0.843. The average molecular weight is 179 g/mol. The van der Waals surface area contributed by atoms with Gasteiger partial charge < -0.3 is 0 Å².